The molecule has 15 nitrogen and oxygen atoms in total. The molecule has 0 spiro atoms. The molecule has 0 aromatic rings. The number of esters is 2. The van der Waals surface area contributed by atoms with E-state index < -0.39 is 92.7 Å². The van der Waals surface area contributed by atoms with Crippen LogP contribution in [0.2, 0.25) is 0 Å². The summed E-state index contributed by atoms with van der Waals surface area (Å²) < 4.78 is 33.8. The predicted molar refractivity (Wildman–Crippen MR) is 289 cm³/mol. The molecule has 2 rings (SSSR count). The Morgan fingerprint density at radius 1 is 0.378 bits per heavy atom. The molecule has 11 unspecified atom stereocenters. The summed E-state index contributed by atoms with van der Waals surface area (Å²) in [4.78, 5) is 25.9. The second-order valence-corrected chi connectivity index (χ2v) is 21.9. The Balaban J connectivity index is 1.72. The summed E-state index contributed by atoms with van der Waals surface area (Å²) in [6.07, 6.45) is 31.2. The molecule has 0 radical (unpaired) electrons. The zero-order valence-corrected chi connectivity index (χ0v) is 46.9. The fourth-order valence-electron chi connectivity index (χ4n) is 10.1. The van der Waals surface area contributed by atoms with Crippen LogP contribution in [-0.4, -0.2) is 142 Å². The average Bonchev–Trinajstić information content (AvgIpc) is 3.39. The van der Waals surface area contributed by atoms with E-state index in [1.54, 1.807) is 0 Å². The molecule has 0 saturated carbocycles. The van der Waals surface area contributed by atoms with Crippen molar-refractivity contribution in [2.45, 2.75) is 338 Å². The lowest BCUT2D eigenvalue weighted by Gasteiger charge is -2.42. The van der Waals surface area contributed by atoms with Crippen molar-refractivity contribution in [3.8, 4) is 0 Å². The number of aliphatic hydroxyl groups excluding tert-OH is 7. The molecule has 11 atom stereocenters. The van der Waals surface area contributed by atoms with Gasteiger partial charge in [0.2, 0.25) is 0 Å². The standard InChI is InChI=1S/C59H112O15/c1-3-5-7-9-11-13-15-17-19-21-22-23-24-26-28-30-32-34-36-38-40-42-51(62)72-47(44-69-50(61)41-39-37-35-33-31-29-27-25-20-18-16-14-12-10-8-6-4-2)45-70-58-57(68)55(66)53(64)49(74-58)46-71-59-56(67)54(65)52(63)48(43-60)73-59/h47-49,52-60,63-68H,3-46H2,1-2H3. The molecule has 2 aliphatic rings. The smallest absolute Gasteiger partial charge is 0.306 e. The van der Waals surface area contributed by atoms with Crippen molar-refractivity contribution < 1.29 is 73.8 Å². The van der Waals surface area contributed by atoms with E-state index in [0.29, 0.717) is 12.8 Å². The van der Waals surface area contributed by atoms with Crippen LogP contribution in [0.4, 0.5) is 0 Å². The zero-order chi connectivity index (χ0) is 53.9. The van der Waals surface area contributed by atoms with Crippen molar-refractivity contribution in [3.63, 3.8) is 0 Å². The van der Waals surface area contributed by atoms with E-state index in [9.17, 15) is 45.3 Å². The zero-order valence-electron chi connectivity index (χ0n) is 46.9. The van der Waals surface area contributed by atoms with E-state index in [-0.39, 0.29) is 26.1 Å². The van der Waals surface area contributed by atoms with Crippen molar-refractivity contribution in [2.24, 2.45) is 0 Å². The van der Waals surface area contributed by atoms with E-state index in [2.05, 4.69) is 13.8 Å². The molecular formula is C59H112O15. The quantitative estimate of drug-likeness (QED) is 0.0222. The number of rotatable bonds is 50. The molecule has 2 fully saturated rings. The minimum absolute atomic E-state index is 0.174. The average molecular weight is 1060 g/mol. The Bertz CT molecular complexity index is 1290. The third-order valence-corrected chi connectivity index (χ3v) is 15.1. The number of hydrogen-bond donors (Lipinski definition) is 7. The molecule has 2 heterocycles. The summed E-state index contributed by atoms with van der Waals surface area (Å²) in [6.45, 7) is 2.67. The molecule has 2 aliphatic heterocycles. The van der Waals surface area contributed by atoms with Gasteiger partial charge in [0, 0.05) is 12.8 Å². The van der Waals surface area contributed by atoms with Gasteiger partial charge in [0.25, 0.3) is 0 Å². The fourth-order valence-corrected chi connectivity index (χ4v) is 10.1. The second-order valence-electron chi connectivity index (χ2n) is 21.9. The van der Waals surface area contributed by atoms with Crippen LogP contribution in [0.1, 0.15) is 271 Å². The summed E-state index contributed by atoms with van der Waals surface area (Å²) >= 11 is 0. The van der Waals surface area contributed by atoms with Gasteiger partial charge >= 0.3 is 11.9 Å². The first-order chi connectivity index (χ1) is 36.0. The first-order valence-corrected chi connectivity index (χ1v) is 30.6. The van der Waals surface area contributed by atoms with Gasteiger partial charge in [-0.05, 0) is 12.8 Å². The topological polar surface area (TPSA) is 231 Å². The van der Waals surface area contributed by atoms with Crippen molar-refractivity contribution in [3.05, 3.63) is 0 Å². The number of carbonyl (C=O) groups is 2. The first kappa shape index (κ1) is 68.6. The molecule has 74 heavy (non-hydrogen) atoms. The number of carbonyl (C=O) groups excluding carboxylic acids is 2. The largest absolute Gasteiger partial charge is 0.462 e. The minimum Gasteiger partial charge on any atom is -0.462 e. The lowest BCUT2D eigenvalue weighted by atomic mass is 9.98. The highest BCUT2D eigenvalue weighted by atomic mass is 16.7. The molecule has 0 bridgehead atoms. The number of unbranched alkanes of at least 4 members (excludes halogenated alkanes) is 36. The van der Waals surface area contributed by atoms with Gasteiger partial charge in [-0.2, -0.15) is 0 Å². The van der Waals surface area contributed by atoms with Crippen molar-refractivity contribution >= 4 is 11.9 Å². The van der Waals surface area contributed by atoms with Crippen LogP contribution in [0, 0.1) is 0 Å². The van der Waals surface area contributed by atoms with Crippen LogP contribution in [-0.2, 0) is 38.0 Å². The van der Waals surface area contributed by atoms with Crippen molar-refractivity contribution in [1.82, 2.24) is 0 Å². The first-order valence-electron chi connectivity index (χ1n) is 30.6. The number of aliphatic hydroxyl groups is 7. The Morgan fingerprint density at radius 3 is 1.05 bits per heavy atom. The maximum Gasteiger partial charge on any atom is 0.306 e. The van der Waals surface area contributed by atoms with Crippen molar-refractivity contribution in [1.29, 1.82) is 0 Å². The number of ether oxygens (including phenoxy) is 6. The van der Waals surface area contributed by atoms with Gasteiger partial charge in [-0.25, -0.2) is 0 Å². The Labute approximate surface area is 448 Å². The van der Waals surface area contributed by atoms with E-state index in [1.807, 2.05) is 0 Å². The molecular weight excluding hydrogens is 949 g/mol. The van der Waals surface area contributed by atoms with Gasteiger partial charge in [0.1, 0.15) is 55.4 Å². The lowest BCUT2D eigenvalue weighted by Crippen LogP contribution is -2.61. The van der Waals surface area contributed by atoms with E-state index >= 15 is 0 Å². The van der Waals surface area contributed by atoms with Gasteiger partial charge in [0.05, 0.1) is 19.8 Å². The fraction of sp³-hybridized carbons (Fsp3) is 0.966. The van der Waals surface area contributed by atoms with Crippen LogP contribution >= 0.6 is 0 Å². The summed E-state index contributed by atoms with van der Waals surface area (Å²) in [5.41, 5.74) is 0. The molecule has 0 aromatic heterocycles. The summed E-state index contributed by atoms with van der Waals surface area (Å²) in [6, 6.07) is 0. The molecule has 0 aromatic carbocycles. The monoisotopic (exact) mass is 1060 g/mol. The van der Waals surface area contributed by atoms with Crippen LogP contribution in [0.25, 0.3) is 0 Å². The number of hydrogen-bond acceptors (Lipinski definition) is 15. The Kier molecular flexibility index (Phi) is 43.0. The van der Waals surface area contributed by atoms with E-state index in [1.165, 1.54) is 193 Å². The Hall–Kier alpha value is -1.50. The molecule has 7 N–H and O–H groups in total. The van der Waals surface area contributed by atoms with Crippen LogP contribution < -0.4 is 0 Å². The maximum absolute atomic E-state index is 13.1. The van der Waals surface area contributed by atoms with Crippen LogP contribution in [0.5, 0.6) is 0 Å². The highest BCUT2D eigenvalue weighted by Crippen LogP contribution is 2.27. The van der Waals surface area contributed by atoms with Crippen LogP contribution in [0.3, 0.4) is 0 Å². The van der Waals surface area contributed by atoms with Gasteiger partial charge in [-0.1, -0.05) is 245 Å². The normalized spacial score (nSPS) is 24.6. The van der Waals surface area contributed by atoms with E-state index in [0.717, 1.165) is 38.5 Å². The lowest BCUT2D eigenvalue weighted by molar-refractivity contribution is -0.332. The highest BCUT2D eigenvalue weighted by Gasteiger charge is 2.47. The van der Waals surface area contributed by atoms with Gasteiger partial charge in [0.15, 0.2) is 18.7 Å². The summed E-state index contributed by atoms with van der Waals surface area (Å²) in [7, 11) is 0. The minimum atomic E-state index is -1.76. The SMILES string of the molecule is CCCCCCCCCCCCCCCCCCCCCCCC(=O)OC(COC(=O)CCCCCCCCCCCCCCCCCCC)COC1OC(COC2OC(CO)C(O)C(O)C2O)C(O)C(O)C1O. The molecule has 0 amide bonds. The Morgan fingerprint density at radius 2 is 0.689 bits per heavy atom. The second kappa shape index (κ2) is 46.4. The van der Waals surface area contributed by atoms with Crippen LogP contribution in [0.15, 0.2) is 0 Å². The van der Waals surface area contributed by atoms with Gasteiger partial charge in [-0.15, -0.1) is 0 Å². The van der Waals surface area contributed by atoms with Gasteiger partial charge in [-0.3, -0.25) is 9.59 Å². The molecule has 2 saturated heterocycles. The molecule has 15 heteroatoms. The summed E-state index contributed by atoms with van der Waals surface area (Å²) in [5, 5.41) is 72.3. The van der Waals surface area contributed by atoms with Crippen molar-refractivity contribution in [2.75, 3.05) is 26.4 Å². The van der Waals surface area contributed by atoms with Gasteiger partial charge < -0.3 is 64.2 Å². The summed E-state index contributed by atoms with van der Waals surface area (Å²) in [5.74, 6) is -0.902. The van der Waals surface area contributed by atoms with E-state index in [4.69, 9.17) is 28.4 Å². The molecule has 0 aliphatic carbocycles. The third-order valence-electron chi connectivity index (χ3n) is 15.1. The highest BCUT2D eigenvalue weighted by molar-refractivity contribution is 5.70. The third kappa shape index (κ3) is 33.1. The maximum atomic E-state index is 13.1. The molecule has 438 valence electrons. The predicted octanol–water partition coefficient (Wildman–Crippen LogP) is 10.7.